The minimum Gasteiger partial charge on any atom is -0.383 e. The first-order chi connectivity index (χ1) is 16.7. The summed E-state index contributed by atoms with van der Waals surface area (Å²) in [4.78, 5) is 14.9. The van der Waals surface area contributed by atoms with E-state index in [0.29, 0.717) is 38.2 Å². The monoisotopic (exact) mass is 521 g/mol. The maximum absolute atomic E-state index is 13.1. The molecule has 1 amide bonds. The van der Waals surface area contributed by atoms with Crippen molar-refractivity contribution in [1.82, 2.24) is 13.9 Å². The second-order valence-electron chi connectivity index (χ2n) is 8.31. The largest absolute Gasteiger partial charge is 0.383 e. The highest BCUT2D eigenvalue weighted by Crippen LogP contribution is 2.25. The van der Waals surface area contributed by atoms with Crippen LogP contribution in [0.2, 0.25) is 0 Å². The smallest absolute Gasteiger partial charge is 0.254 e. The van der Waals surface area contributed by atoms with E-state index >= 15 is 0 Å². The summed E-state index contributed by atoms with van der Waals surface area (Å²) in [5.41, 5.74) is 1.37. The van der Waals surface area contributed by atoms with Crippen molar-refractivity contribution in [3.05, 3.63) is 77.7 Å². The van der Waals surface area contributed by atoms with Gasteiger partial charge in [0.1, 0.15) is 0 Å². The van der Waals surface area contributed by atoms with E-state index in [4.69, 9.17) is 4.74 Å². The molecule has 0 saturated carbocycles. The number of nitrogens with zero attached hydrogens (tertiary/aromatic N) is 2. The van der Waals surface area contributed by atoms with Gasteiger partial charge in [0.25, 0.3) is 5.91 Å². The van der Waals surface area contributed by atoms with Crippen LogP contribution in [-0.4, -0.2) is 71.8 Å². The molecule has 11 heteroatoms. The third kappa shape index (κ3) is 7.21. The van der Waals surface area contributed by atoms with E-state index in [1.807, 2.05) is 30.3 Å². The summed E-state index contributed by atoms with van der Waals surface area (Å²) < 4.78 is 58.2. The Morgan fingerprint density at radius 1 is 1.14 bits per heavy atom. The Morgan fingerprint density at radius 3 is 2.46 bits per heavy atom. The fourth-order valence-corrected chi connectivity index (χ4v) is 5.95. The molecule has 0 aliphatic carbocycles. The lowest BCUT2D eigenvalue weighted by molar-refractivity contribution is 0.0680. The normalized spacial score (nSPS) is 16.8. The molecule has 1 aliphatic rings. The molecule has 1 atom stereocenters. The quantitative estimate of drug-likeness (QED) is 0.457. The molecule has 1 heterocycles. The third-order valence-electron chi connectivity index (χ3n) is 5.85. The van der Waals surface area contributed by atoms with E-state index in [-0.39, 0.29) is 29.8 Å². The zero-order valence-corrected chi connectivity index (χ0v) is 21.3. The van der Waals surface area contributed by atoms with E-state index in [1.54, 1.807) is 12.0 Å². The number of hydrogen-bond acceptors (Lipinski definition) is 6. The van der Waals surface area contributed by atoms with Gasteiger partial charge in [0.05, 0.1) is 11.5 Å². The van der Waals surface area contributed by atoms with Crippen LogP contribution in [0, 0.1) is 5.92 Å². The molecule has 1 unspecified atom stereocenters. The molecule has 35 heavy (non-hydrogen) atoms. The van der Waals surface area contributed by atoms with Crippen molar-refractivity contribution in [1.29, 1.82) is 0 Å². The Labute approximate surface area is 207 Å². The van der Waals surface area contributed by atoms with Gasteiger partial charge in [0.2, 0.25) is 20.0 Å². The fraction of sp³-hybridized carbons (Fsp3) is 0.375. The molecule has 3 rings (SSSR count). The van der Waals surface area contributed by atoms with Crippen LogP contribution >= 0.6 is 0 Å². The molecule has 0 aromatic heterocycles. The lowest BCUT2D eigenvalue weighted by Gasteiger charge is -2.23. The number of benzene rings is 2. The predicted octanol–water partition coefficient (Wildman–Crippen LogP) is 2.05. The van der Waals surface area contributed by atoms with E-state index in [0.717, 1.165) is 11.0 Å². The number of rotatable bonds is 12. The van der Waals surface area contributed by atoms with E-state index in [1.165, 1.54) is 28.6 Å². The zero-order valence-electron chi connectivity index (χ0n) is 19.7. The van der Waals surface area contributed by atoms with Gasteiger partial charge in [-0.3, -0.25) is 4.79 Å². The first-order valence-corrected chi connectivity index (χ1v) is 14.2. The van der Waals surface area contributed by atoms with Crippen LogP contribution in [0.25, 0.3) is 0 Å². The van der Waals surface area contributed by atoms with Crippen LogP contribution in [0.1, 0.15) is 22.3 Å². The van der Waals surface area contributed by atoms with Crippen molar-refractivity contribution < 1.29 is 26.4 Å². The van der Waals surface area contributed by atoms with Crippen molar-refractivity contribution in [2.24, 2.45) is 5.92 Å². The predicted molar refractivity (Wildman–Crippen MR) is 133 cm³/mol. The molecule has 2 aromatic carbocycles. The van der Waals surface area contributed by atoms with Gasteiger partial charge in [0, 0.05) is 50.8 Å². The van der Waals surface area contributed by atoms with E-state index in [2.05, 4.69) is 11.3 Å². The Bertz CT molecular complexity index is 1220. The Morgan fingerprint density at radius 2 is 1.83 bits per heavy atom. The van der Waals surface area contributed by atoms with Crippen molar-refractivity contribution >= 4 is 26.0 Å². The number of carbonyl (C=O) groups excluding carboxylic acids is 1. The van der Waals surface area contributed by atoms with Crippen molar-refractivity contribution in [2.75, 3.05) is 39.9 Å². The van der Waals surface area contributed by atoms with Gasteiger partial charge >= 0.3 is 0 Å². The molecular weight excluding hydrogens is 490 g/mol. The highest BCUT2D eigenvalue weighted by atomic mass is 32.2. The summed E-state index contributed by atoms with van der Waals surface area (Å²) in [5.74, 6) is -0.349. The first-order valence-electron chi connectivity index (χ1n) is 11.2. The third-order valence-corrected chi connectivity index (χ3v) is 8.74. The maximum atomic E-state index is 13.1. The van der Waals surface area contributed by atoms with Crippen LogP contribution < -0.4 is 4.72 Å². The van der Waals surface area contributed by atoms with Crippen molar-refractivity contribution in [3.8, 4) is 0 Å². The number of hydrogen-bond donors (Lipinski definition) is 1. The highest BCUT2D eigenvalue weighted by molar-refractivity contribution is 7.92. The Hall–Kier alpha value is -2.57. The molecule has 1 fully saturated rings. The van der Waals surface area contributed by atoms with Crippen molar-refractivity contribution in [2.45, 2.75) is 17.9 Å². The molecule has 1 aliphatic heterocycles. The molecular formula is C24H31N3O6S2. The number of ether oxygens (including phenoxy) is 1. The molecule has 1 N–H and O–H groups in total. The number of sulfonamides is 2. The summed E-state index contributed by atoms with van der Waals surface area (Å²) >= 11 is 0. The van der Waals surface area contributed by atoms with Crippen LogP contribution in [-0.2, 0) is 31.3 Å². The molecule has 190 valence electrons. The van der Waals surface area contributed by atoms with E-state index < -0.39 is 20.0 Å². The average Bonchev–Trinajstić information content (AvgIpc) is 3.36. The Balaban J connectivity index is 1.68. The molecule has 1 saturated heterocycles. The summed E-state index contributed by atoms with van der Waals surface area (Å²) in [5, 5.41) is 0.829. The lowest BCUT2D eigenvalue weighted by atomic mass is 10.1. The van der Waals surface area contributed by atoms with Crippen LogP contribution in [0.4, 0.5) is 0 Å². The first kappa shape index (κ1) is 27.0. The van der Waals surface area contributed by atoms with Gasteiger partial charge in [-0.05, 0) is 42.2 Å². The molecule has 9 nitrogen and oxygen atoms in total. The highest BCUT2D eigenvalue weighted by Gasteiger charge is 2.33. The van der Waals surface area contributed by atoms with Gasteiger partial charge in [0.15, 0.2) is 0 Å². The van der Waals surface area contributed by atoms with Gasteiger partial charge in [-0.1, -0.05) is 36.9 Å². The minimum absolute atomic E-state index is 0.0906. The van der Waals surface area contributed by atoms with E-state index in [9.17, 15) is 21.6 Å². The molecule has 0 spiro atoms. The number of amides is 1. The van der Waals surface area contributed by atoms with Crippen LogP contribution in [0.3, 0.4) is 0 Å². The van der Waals surface area contributed by atoms with Crippen molar-refractivity contribution in [3.63, 3.8) is 0 Å². The van der Waals surface area contributed by atoms with Crippen LogP contribution in [0.5, 0.6) is 0 Å². The SMILES string of the molecule is C=CS(=O)(=O)NCC1CCN(S(=O)(=O)c2ccc(C(=O)N(CCOC)Cc3ccccc3)cc2)C1. The standard InChI is InChI=1S/C24H31N3O6S2/c1-3-34(29,30)25-17-21-13-14-27(19-21)35(31,32)23-11-9-22(10-12-23)24(28)26(15-16-33-2)18-20-7-5-4-6-8-20/h3-12,21,25H,1,13-19H2,2H3. The zero-order chi connectivity index (χ0) is 25.5. The summed E-state index contributed by atoms with van der Waals surface area (Å²) in [7, 11) is -5.75. The van der Waals surface area contributed by atoms with Gasteiger partial charge in [-0.25, -0.2) is 21.6 Å². The fourth-order valence-electron chi connectivity index (χ4n) is 3.83. The molecule has 2 aromatic rings. The minimum atomic E-state index is -3.77. The number of nitrogens with one attached hydrogen (secondary N) is 1. The number of methoxy groups -OCH3 is 1. The molecule has 0 radical (unpaired) electrons. The van der Waals surface area contributed by atoms with Gasteiger partial charge in [-0.2, -0.15) is 4.31 Å². The average molecular weight is 522 g/mol. The second kappa shape index (κ2) is 11.9. The van der Waals surface area contributed by atoms with Gasteiger partial charge < -0.3 is 9.64 Å². The lowest BCUT2D eigenvalue weighted by Crippen LogP contribution is -2.33. The summed E-state index contributed by atoms with van der Waals surface area (Å²) in [6.07, 6.45) is 0.545. The van der Waals surface area contributed by atoms with Crippen LogP contribution in [0.15, 0.2) is 71.5 Å². The second-order valence-corrected chi connectivity index (χ2v) is 12.0. The molecule has 0 bridgehead atoms. The summed E-state index contributed by atoms with van der Waals surface area (Å²) in [6, 6.07) is 15.5. The topological polar surface area (TPSA) is 113 Å². The summed E-state index contributed by atoms with van der Waals surface area (Å²) in [6.45, 7) is 5.09. The van der Waals surface area contributed by atoms with Gasteiger partial charge in [-0.15, -0.1) is 0 Å². The maximum Gasteiger partial charge on any atom is 0.254 e. The number of carbonyl (C=O) groups is 1. The Kier molecular flexibility index (Phi) is 9.20.